The van der Waals surface area contributed by atoms with E-state index in [4.69, 9.17) is 16.7 Å². The molecule has 3 nitrogen and oxygen atoms in total. The second-order valence-corrected chi connectivity index (χ2v) is 5.25. The zero-order chi connectivity index (χ0) is 15.7. The molecular weight excluding hydrogens is 374 g/mol. The first-order valence-electron chi connectivity index (χ1n) is 5.44. The molecular formula is C13H6BrClF3NO2. The monoisotopic (exact) mass is 379 g/mol. The molecule has 0 aliphatic carbocycles. The van der Waals surface area contributed by atoms with Crippen LogP contribution in [0.3, 0.4) is 0 Å². The van der Waals surface area contributed by atoms with Crippen LogP contribution >= 0.6 is 27.5 Å². The van der Waals surface area contributed by atoms with Crippen molar-refractivity contribution in [2.45, 2.75) is 0 Å². The minimum atomic E-state index is -1.75. The Balaban J connectivity index is 2.37. The fourth-order valence-corrected chi connectivity index (χ4v) is 2.32. The molecule has 2 N–H and O–H groups in total. The summed E-state index contributed by atoms with van der Waals surface area (Å²) >= 11 is 8.86. The zero-order valence-corrected chi connectivity index (χ0v) is 12.4. The van der Waals surface area contributed by atoms with Gasteiger partial charge in [-0.3, -0.25) is 4.79 Å². The van der Waals surface area contributed by atoms with Crippen LogP contribution in [0.15, 0.2) is 28.7 Å². The molecule has 0 saturated carbocycles. The standard InChI is InChI=1S/C13H6BrClF3NO2/c14-7-3-5(15)1-2-9(7)19-13(21)6-4-8(16)11(18)12(20)10(6)17/h1-4,20H,(H,19,21). The van der Waals surface area contributed by atoms with Crippen molar-refractivity contribution in [1.82, 2.24) is 0 Å². The van der Waals surface area contributed by atoms with Crippen molar-refractivity contribution in [3.63, 3.8) is 0 Å². The summed E-state index contributed by atoms with van der Waals surface area (Å²) in [6.45, 7) is 0. The number of anilines is 1. The molecule has 0 aliphatic heterocycles. The molecule has 0 radical (unpaired) electrons. The number of amides is 1. The third-order valence-corrected chi connectivity index (χ3v) is 3.45. The van der Waals surface area contributed by atoms with E-state index in [1.54, 1.807) is 0 Å². The number of benzene rings is 2. The molecule has 0 unspecified atom stereocenters. The molecule has 2 aromatic carbocycles. The number of aromatic hydroxyl groups is 1. The first-order valence-corrected chi connectivity index (χ1v) is 6.61. The van der Waals surface area contributed by atoms with Gasteiger partial charge < -0.3 is 10.4 Å². The predicted octanol–water partition coefficient (Wildman–Crippen LogP) is 4.48. The third kappa shape index (κ3) is 3.14. The number of carbonyl (C=O) groups excluding carboxylic acids is 1. The number of nitrogens with one attached hydrogen (secondary N) is 1. The van der Waals surface area contributed by atoms with Crippen LogP contribution < -0.4 is 5.32 Å². The number of phenols is 1. The van der Waals surface area contributed by atoms with Crippen molar-refractivity contribution >= 4 is 39.1 Å². The van der Waals surface area contributed by atoms with Crippen LogP contribution in [0.5, 0.6) is 5.75 Å². The highest BCUT2D eigenvalue weighted by Crippen LogP contribution is 2.29. The third-order valence-electron chi connectivity index (χ3n) is 2.56. The summed E-state index contributed by atoms with van der Waals surface area (Å²) in [6.07, 6.45) is 0. The zero-order valence-electron chi connectivity index (χ0n) is 10.1. The molecule has 0 atom stereocenters. The van der Waals surface area contributed by atoms with Crippen LogP contribution in [-0.2, 0) is 0 Å². The Labute approximate surface area is 130 Å². The number of hydrogen-bond acceptors (Lipinski definition) is 2. The topological polar surface area (TPSA) is 49.3 Å². The van der Waals surface area contributed by atoms with E-state index in [0.717, 1.165) is 0 Å². The van der Waals surface area contributed by atoms with E-state index in [-0.39, 0.29) is 5.69 Å². The van der Waals surface area contributed by atoms with E-state index in [2.05, 4.69) is 21.2 Å². The van der Waals surface area contributed by atoms with Crippen LogP contribution in [-0.4, -0.2) is 11.0 Å². The lowest BCUT2D eigenvalue weighted by atomic mass is 10.1. The molecule has 0 aliphatic rings. The van der Waals surface area contributed by atoms with Gasteiger partial charge in [-0.15, -0.1) is 0 Å². The molecule has 0 spiro atoms. The van der Waals surface area contributed by atoms with Gasteiger partial charge in [-0.25, -0.2) is 8.78 Å². The Morgan fingerprint density at radius 3 is 2.48 bits per heavy atom. The Bertz CT molecular complexity index is 740. The van der Waals surface area contributed by atoms with Gasteiger partial charge in [0.1, 0.15) is 0 Å². The quantitative estimate of drug-likeness (QED) is 0.755. The summed E-state index contributed by atoms with van der Waals surface area (Å²) in [6, 6.07) is 4.75. The molecule has 21 heavy (non-hydrogen) atoms. The molecule has 0 aromatic heterocycles. The van der Waals surface area contributed by atoms with Crippen LogP contribution in [0, 0.1) is 17.5 Å². The summed E-state index contributed by atoms with van der Waals surface area (Å²) in [5.74, 6) is -7.43. The molecule has 110 valence electrons. The van der Waals surface area contributed by atoms with Crippen molar-refractivity contribution in [3.05, 3.63) is 56.8 Å². The summed E-state index contributed by atoms with van der Waals surface area (Å²) in [4.78, 5) is 11.9. The first-order chi connectivity index (χ1) is 9.81. The molecule has 0 bridgehead atoms. The molecule has 2 aromatic rings. The van der Waals surface area contributed by atoms with Gasteiger partial charge in [-0.1, -0.05) is 11.6 Å². The minimum absolute atomic E-state index is 0.244. The van der Waals surface area contributed by atoms with Gasteiger partial charge >= 0.3 is 0 Å². The normalized spacial score (nSPS) is 10.5. The Morgan fingerprint density at radius 1 is 1.19 bits per heavy atom. The fourth-order valence-electron chi connectivity index (χ4n) is 1.54. The lowest BCUT2D eigenvalue weighted by Gasteiger charge is -2.09. The highest BCUT2D eigenvalue weighted by molar-refractivity contribution is 9.10. The second-order valence-electron chi connectivity index (χ2n) is 3.96. The van der Waals surface area contributed by atoms with E-state index in [1.807, 2.05) is 0 Å². The maximum atomic E-state index is 13.6. The highest BCUT2D eigenvalue weighted by atomic mass is 79.9. The van der Waals surface area contributed by atoms with Crippen molar-refractivity contribution in [3.8, 4) is 5.75 Å². The Kier molecular flexibility index (Phi) is 4.43. The average molecular weight is 381 g/mol. The van der Waals surface area contributed by atoms with Gasteiger partial charge in [0.15, 0.2) is 17.4 Å². The van der Waals surface area contributed by atoms with Crippen molar-refractivity contribution < 1.29 is 23.1 Å². The van der Waals surface area contributed by atoms with Gasteiger partial charge in [-0.2, -0.15) is 4.39 Å². The molecule has 2 rings (SSSR count). The largest absolute Gasteiger partial charge is 0.503 e. The molecule has 0 saturated heterocycles. The summed E-state index contributed by atoms with van der Waals surface area (Å²) < 4.78 is 40.1. The first kappa shape index (κ1) is 15.7. The highest BCUT2D eigenvalue weighted by Gasteiger charge is 2.22. The fraction of sp³-hybridized carbons (Fsp3) is 0. The molecule has 8 heteroatoms. The van der Waals surface area contributed by atoms with Crippen LogP contribution in [0.1, 0.15) is 10.4 Å². The van der Waals surface area contributed by atoms with E-state index < -0.39 is 34.7 Å². The lowest BCUT2D eigenvalue weighted by molar-refractivity contribution is 0.102. The maximum Gasteiger partial charge on any atom is 0.258 e. The minimum Gasteiger partial charge on any atom is -0.503 e. The number of rotatable bonds is 2. The van der Waals surface area contributed by atoms with Crippen LogP contribution in [0.2, 0.25) is 5.02 Å². The van der Waals surface area contributed by atoms with Crippen molar-refractivity contribution in [1.29, 1.82) is 0 Å². The van der Waals surface area contributed by atoms with Gasteiger partial charge in [-0.05, 0) is 40.2 Å². The molecule has 0 heterocycles. The van der Waals surface area contributed by atoms with E-state index >= 15 is 0 Å². The summed E-state index contributed by atoms with van der Waals surface area (Å²) in [5.41, 5.74) is -0.582. The van der Waals surface area contributed by atoms with E-state index in [9.17, 15) is 18.0 Å². The second kappa shape index (κ2) is 5.95. The van der Waals surface area contributed by atoms with Crippen LogP contribution in [0.4, 0.5) is 18.9 Å². The SMILES string of the molecule is O=C(Nc1ccc(Cl)cc1Br)c1cc(F)c(F)c(O)c1F. The molecule has 1 amide bonds. The van der Waals surface area contributed by atoms with Gasteiger partial charge in [0.25, 0.3) is 5.91 Å². The maximum absolute atomic E-state index is 13.6. The molecule has 0 fully saturated rings. The lowest BCUT2D eigenvalue weighted by Crippen LogP contribution is -2.15. The Morgan fingerprint density at radius 2 is 1.86 bits per heavy atom. The van der Waals surface area contributed by atoms with E-state index in [0.29, 0.717) is 15.6 Å². The van der Waals surface area contributed by atoms with E-state index in [1.165, 1.54) is 18.2 Å². The average Bonchev–Trinajstić information content (AvgIpc) is 2.43. The number of carbonyl (C=O) groups is 1. The van der Waals surface area contributed by atoms with Crippen molar-refractivity contribution in [2.75, 3.05) is 5.32 Å². The summed E-state index contributed by atoms with van der Waals surface area (Å²) in [5, 5.41) is 11.8. The number of halogens is 5. The number of hydrogen-bond donors (Lipinski definition) is 2. The van der Waals surface area contributed by atoms with Crippen LogP contribution in [0.25, 0.3) is 0 Å². The van der Waals surface area contributed by atoms with Gasteiger partial charge in [0.2, 0.25) is 5.82 Å². The summed E-state index contributed by atoms with van der Waals surface area (Å²) in [7, 11) is 0. The van der Waals surface area contributed by atoms with Gasteiger partial charge in [0, 0.05) is 9.50 Å². The predicted molar refractivity (Wildman–Crippen MR) is 75.1 cm³/mol. The number of phenolic OH excluding ortho intramolecular Hbond substituents is 1. The Hall–Kier alpha value is -1.73. The van der Waals surface area contributed by atoms with Crippen molar-refractivity contribution in [2.24, 2.45) is 0 Å². The smallest absolute Gasteiger partial charge is 0.258 e. The van der Waals surface area contributed by atoms with Gasteiger partial charge in [0.05, 0.1) is 11.3 Å².